The molecular formula is C37H55N9O14. The second kappa shape index (κ2) is 23.9. The van der Waals surface area contributed by atoms with Crippen LogP contribution in [0.4, 0.5) is 0 Å². The van der Waals surface area contributed by atoms with E-state index in [9.17, 15) is 68.4 Å². The minimum Gasteiger partial charge on any atom is -0.508 e. The molecule has 1 fully saturated rings. The summed E-state index contributed by atoms with van der Waals surface area (Å²) in [5.74, 6) is -10.3. The van der Waals surface area contributed by atoms with Gasteiger partial charge in [0, 0.05) is 19.4 Å². The van der Waals surface area contributed by atoms with Crippen molar-refractivity contribution in [2.24, 2.45) is 17.4 Å². The van der Waals surface area contributed by atoms with Gasteiger partial charge in [-0.15, -0.1) is 0 Å². The summed E-state index contributed by atoms with van der Waals surface area (Å²) in [7, 11) is 0. The molecule has 1 aromatic rings. The first-order valence-corrected chi connectivity index (χ1v) is 19.1. The molecule has 0 spiro atoms. The van der Waals surface area contributed by atoms with Crippen molar-refractivity contribution in [1.29, 1.82) is 0 Å². The number of carboxylic acid groups (broad SMARTS) is 2. The van der Waals surface area contributed by atoms with E-state index in [0.29, 0.717) is 12.0 Å². The maximum atomic E-state index is 14.1. The number of phenols is 1. The van der Waals surface area contributed by atoms with Crippen molar-refractivity contribution in [1.82, 2.24) is 36.8 Å². The minimum absolute atomic E-state index is 0.0718. The van der Waals surface area contributed by atoms with Gasteiger partial charge in [0.15, 0.2) is 0 Å². The van der Waals surface area contributed by atoms with Gasteiger partial charge in [-0.05, 0) is 56.2 Å². The summed E-state index contributed by atoms with van der Waals surface area (Å²) in [6.07, 6.45) is -1.32. The number of carboxylic acids is 2. The molecule has 8 amide bonds. The molecule has 1 heterocycles. The molecule has 1 saturated heterocycles. The lowest BCUT2D eigenvalue weighted by Gasteiger charge is -2.30. The molecule has 0 bridgehead atoms. The number of nitrogens with one attached hydrogen (secondary N) is 6. The monoisotopic (exact) mass is 849 g/mol. The normalized spacial score (nSPS) is 16.5. The average Bonchev–Trinajstić information content (AvgIpc) is 3.67. The first-order chi connectivity index (χ1) is 28.2. The number of aliphatic hydroxyl groups is 1. The quantitative estimate of drug-likeness (QED) is 0.0468. The number of likely N-dealkylation sites (tertiary alicyclic amines) is 1. The van der Waals surface area contributed by atoms with Gasteiger partial charge in [0.1, 0.15) is 48.0 Å². The molecular weight excluding hydrogens is 794 g/mol. The van der Waals surface area contributed by atoms with E-state index in [1.807, 2.05) is 0 Å². The number of hydrogen-bond donors (Lipinski definition) is 12. The zero-order valence-corrected chi connectivity index (χ0v) is 33.5. The molecule has 0 aliphatic carbocycles. The summed E-state index contributed by atoms with van der Waals surface area (Å²) in [6, 6.07) is -4.48. The van der Waals surface area contributed by atoms with Crippen molar-refractivity contribution in [3.05, 3.63) is 29.8 Å². The molecule has 60 heavy (non-hydrogen) atoms. The molecule has 7 unspecified atom stereocenters. The lowest BCUT2D eigenvalue weighted by Crippen LogP contribution is -2.60. The summed E-state index contributed by atoms with van der Waals surface area (Å²) >= 11 is 0. The third kappa shape index (κ3) is 16.1. The van der Waals surface area contributed by atoms with E-state index < -0.39 is 134 Å². The highest BCUT2D eigenvalue weighted by Gasteiger charge is 2.40. The number of benzene rings is 1. The zero-order valence-electron chi connectivity index (χ0n) is 33.5. The van der Waals surface area contributed by atoms with Gasteiger partial charge in [-0.3, -0.25) is 43.2 Å². The van der Waals surface area contributed by atoms with Gasteiger partial charge < -0.3 is 68.7 Å². The molecule has 7 atom stereocenters. The minimum atomic E-state index is -1.72. The van der Waals surface area contributed by atoms with Gasteiger partial charge in [0.25, 0.3) is 0 Å². The predicted molar refractivity (Wildman–Crippen MR) is 208 cm³/mol. The van der Waals surface area contributed by atoms with Gasteiger partial charge in [-0.25, -0.2) is 4.79 Å². The van der Waals surface area contributed by atoms with E-state index in [1.54, 1.807) is 13.8 Å². The topological polar surface area (TPSA) is 379 Å². The number of primary amides is 1. The summed E-state index contributed by atoms with van der Waals surface area (Å²) in [4.78, 5) is 128. The number of nitrogens with two attached hydrogens (primary N) is 2. The lowest BCUT2D eigenvalue weighted by molar-refractivity contribution is -0.145. The third-order valence-corrected chi connectivity index (χ3v) is 9.24. The smallest absolute Gasteiger partial charge is 0.326 e. The standard InChI is InChI=1S/C37H55N9O14/c1-18(2)13-25(37(59)60)44-35(57)27-5-4-12-46(27)36(58)24(14-20-6-8-21(48)9-7-20)43-34(56)26(17-47)45-31(53)19(3)40-32(54)22(10-11-30(51)52)42-33(55)23(15-28(39)49)41-29(50)16-38/h6-9,18-19,22-27,47-48H,4-5,10-17,38H2,1-3H3,(H2,39,49)(H,40,54)(H,41,50)(H,42,55)(H,43,56)(H,44,57)(H,45,53)(H,51,52)(H,59,60). The Hall–Kier alpha value is -6.36. The second-order valence-electron chi connectivity index (χ2n) is 14.6. The van der Waals surface area contributed by atoms with Crippen LogP contribution < -0.4 is 43.4 Å². The Morgan fingerprint density at radius 1 is 0.767 bits per heavy atom. The van der Waals surface area contributed by atoms with E-state index >= 15 is 0 Å². The van der Waals surface area contributed by atoms with Gasteiger partial charge in [0.2, 0.25) is 47.3 Å². The highest BCUT2D eigenvalue weighted by atomic mass is 16.4. The fourth-order valence-electron chi connectivity index (χ4n) is 6.15. The van der Waals surface area contributed by atoms with Gasteiger partial charge in [-0.1, -0.05) is 26.0 Å². The number of carbonyl (C=O) groups excluding carboxylic acids is 8. The van der Waals surface area contributed by atoms with Crippen molar-refractivity contribution in [2.45, 2.75) is 108 Å². The number of aliphatic carboxylic acids is 2. The van der Waals surface area contributed by atoms with Crippen molar-refractivity contribution < 1.29 is 68.4 Å². The molecule has 2 rings (SSSR count). The van der Waals surface area contributed by atoms with Crippen molar-refractivity contribution >= 4 is 59.2 Å². The molecule has 23 nitrogen and oxygen atoms in total. The van der Waals surface area contributed by atoms with Crippen LogP contribution in [0.3, 0.4) is 0 Å². The Bertz CT molecular complexity index is 1740. The van der Waals surface area contributed by atoms with Crippen LogP contribution in [0.1, 0.15) is 64.9 Å². The molecule has 23 heteroatoms. The summed E-state index contributed by atoms with van der Waals surface area (Å²) < 4.78 is 0. The molecule has 1 aromatic carbocycles. The van der Waals surface area contributed by atoms with Crippen LogP contribution in [-0.4, -0.2) is 147 Å². The van der Waals surface area contributed by atoms with Crippen LogP contribution in [0, 0.1) is 5.92 Å². The Morgan fingerprint density at radius 2 is 1.35 bits per heavy atom. The van der Waals surface area contributed by atoms with E-state index in [4.69, 9.17) is 11.5 Å². The van der Waals surface area contributed by atoms with Crippen molar-refractivity contribution in [2.75, 3.05) is 19.7 Å². The fourth-order valence-corrected chi connectivity index (χ4v) is 6.15. The van der Waals surface area contributed by atoms with E-state index in [2.05, 4.69) is 31.9 Å². The Kier molecular flexibility index (Phi) is 19.8. The highest BCUT2D eigenvalue weighted by molar-refractivity contribution is 5.98. The third-order valence-electron chi connectivity index (χ3n) is 9.24. The SMILES string of the molecule is CC(C)CC(NC(=O)C1CCCN1C(=O)C(Cc1ccc(O)cc1)NC(=O)C(CO)NC(=O)C(C)NC(=O)C(CCC(=O)O)NC(=O)C(CC(N)=O)NC(=O)CN)C(=O)O. The average molecular weight is 850 g/mol. The number of aliphatic hydroxyl groups excluding tert-OH is 1. The molecule has 0 saturated carbocycles. The predicted octanol–water partition coefficient (Wildman–Crippen LogP) is -4.32. The lowest BCUT2D eigenvalue weighted by atomic mass is 10.0. The summed E-state index contributed by atoms with van der Waals surface area (Å²) in [6.45, 7) is 3.25. The Labute approximate surface area is 344 Å². The van der Waals surface area contributed by atoms with Gasteiger partial charge in [0.05, 0.1) is 19.6 Å². The van der Waals surface area contributed by atoms with Crippen LogP contribution in [0.15, 0.2) is 24.3 Å². The maximum Gasteiger partial charge on any atom is 0.326 e. The van der Waals surface area contributed by atoms with Crippen LogP contribution >= 0.6 is 0 Å². The second-order valence-corrected chi connectivity index (χ2v) is 14.6. The molecule has 1 aliphatic heterocycles. The fraction of sp³-hybridized carbons (Fsp3) is 0.568. The van der Waals surface area contributed by atoms with Crippen LogP contribution in [0.2, 0.25) is 0 Å². The number of hydrogen-bond acceptors (Lipinski definition) is 13. The number of rotatable bonds is 24. The van der Waals surface area contributed by atoms with Crippen molar-refractivity contribution in [3.63, 3.8) is 0 Å². The summed E-state index contributed by atoms with van der Waals surface area (Å²) in [5, 5.41) is 52.6. The molecule has 332 valence electrons. The Morgan fingerprint density at radius 3 is 1.90 bits per heavy atom. The highest BCUT2D eigenvalue weighted by Crippen LogP contribution is 2.21. The first-order valence-electron chi connectivity index (χ1n) is 19.1. The van der Waals surface area contributed by atoms with E-state index in [0.717, 1.165) is 0 Å². The number of amides is 8. The molecule has 1 aliphatic rings. The Balaban J connectivity index is 2.25. The van der Waals surface area contributed by atoms with Crippen LogP contribution in [-0.2, 0) is 54.4 Å². The van der Waals surface area contributed by atoms with E-state index in [-0.39, 0.29) is 37.5 Å². The van der Waals surface area contributed by atoms with Crippen LogP contribution in [0.25, 0.3) is 0 Å². The maximum absolute atomic E-state index is 14.1. The number of phenolic OH excluding ortho intramolecular Hbond substituents is 1. The number of aromatic hydroxyl groups is 1. The largest absolute Gasteiger partial charge is 0.508 e. The van der Waals surface area contributed by atoms with Gasteiger partial charge >= 0.3 is 11.9 Å². The number of nitrogens with zero attached hydrogens (tertiary/aromatic N) is 1. The molecule has 14 N–H and O–H groups in total. The van der Waals surface area contributed by atoms with Crippen molar-refractivity contribution in [3.8, 4) is 5.75 Å². The number of carbonyl (C=O) groups is 10. The molecule has 0 radical (unpaired) electrons. The van der Waals surface area contributed by atoms with E-state index in [1.165, 1.54) is 36.1 Å². The van der Waals surface area contributed by atoms with Gasteiger partial charge in [-0.2, -0.15) is 0 Å². The summed E-state index contributed by atoms with van der Waals surface area (Å²) in [5.41, 5.74) is 10.9. The molecule has 0 aromatic heterocycles. The first kappa shape index (κ1) is 49.8. The van der Waals surface area contributed by atoms with Crippen LogP contribution in [0.5, 0.6) is 5.75 Å². The zero-order chi connectivity index (χ0) is 45.3.